The predicted octanol–water partition coefficient (Wildman–Crippen LogP) is 2.83. The normalized spacial score (nSPS) is 11.0. The predicted molar refractivity (Wildman–Crippen MR) is 96.3 cm³/mol. The third kappa shape index (κ3) is 4.90. The number of nitrogens with one attached hydrogen (secondary N) is 2. The molecule has 1 amide bonds. The van der Waals surface area contributed by atoms with E-state index in [1.807, 2.05) is 6.92 Å². The molecule has 0 saturated heterocycles. The van der Waals surface area contributed by atoms with E-state index in [-0.39, 0.29) is 16.6 Å². The van der Waals surface area contributed by atoms with Crippen LogP contribution >= 0.6 is 0 Å². The van der Waals surface area contributed by atoms with E-state index in [4.69, 9.17) is 0 Å². The number of anilines is 1. The summed E-state index contributed by atoms with van der Waals surface area (Å²) in [6.07, 6.45) is 0.821. The molecule has 0 fully saturated rings. The Labute approximate surface area is 147 Å². The summed E-state index contributed by atoms with van der Waals surface area (Å²) in [6.45, 7) is 3.92. The monoisotopic (exact) mass is 360 g/mol. The van der Waals surface area contributed by atoms with E-state index in [1.165, 1.54) is 37.3 Å². The number of hydrogen-bond acceptors (Lipinski definition) is 4. The molecule has 0 unspecified atom stereocenters. The van der Waals surface area contributed by atoms with Crippen molar-refractivity contribution in [3.63, 3.8) is 0 Å². The first-order valence-electron chi connectivity index (χ1n) is 7.85. The van der Waals surface area contributed by atoms with E-state index >= 15 is 0 Å². The molecule has 2 aromatic carbocycles. The van der Waals surface area contributed by atoms with Crippen molar-refractivity contribution in [2.24, 2.45) is 0 Å². The minimum atomic E-state index is -3.81. The number of sulfonamides is 1. The average Bonchev–Trinajstić information content (AvgIpc) is 2.59. The Bertz CT molecular complexity index is 874. The van der Waals surface area contributed by atoms with Crippen molar-refractivity contribution >= 4 is 27.4 Å². The molecule has 0 aromatic heterocycles. The number of Topliss-reactive ketones (excluding diaryl/α,β-unsaturated/α-hetero) is 1. The standard InChI is InChI=1S/C18H20N2O4S/c1-3-11-19-18(22)14-7-9-17(10-8-14)25(23,24)20-16-6-4-5-15(12-16)13(2)21/h4-10,12,20H,3,11H2,1-2H3,(H,19,22). The molecule has 0 saturated carbocycles. The van der Waals surface area contributed by atoms with Crippen LogP contribution in [0.25, 0.3) is 0 Å². The highest BCUT2D eigenvalue weighted by molar-refractivity contribution is 7.92. The molecule has 2 N–H and O–H groups in total. The van der Waals surface area contributed by atoms with Crippen LogP contribution in [0.5, 0.6) is 0 Å². The lowest BCUT2D eigenvalue weighted by Gasteiger charge is -2.10. The second-order valence-electron chi connectivity index (χ2n) is 5.52. The van der Waals surface area contributed by atoms with Gasteiger partial charge in [-0.1, -0.05) is 19.1 Å². The SMILES string of the molecule is CCCNC(=O)c1ccc(S(=O)(=O)Nc2cccc(C(C)=O)c2)cc1. The molecule has 7 heteroatoms. The average molecular weight is 360 g/mol. The molecule has 2 rings (SSSR count). The van der Waals surface area contributed by atoms with Gasteiger partial charge >= 0.3 is 0 Å². The van der Waals surface area contributed by atoms with Crippen molar-refractivity contribution in [2.45, 2.75) is 25.2 Å². The Morgan fingerprint density at radius 1 is 1.00 bits per heavy atom. The number of carbonyl (C=O) groups is 2. The maximum Gasteiger partial charge on any atom is 0.261 e. The fourth-order valence-corrected chi connectivity index (χ4v) is 3.19. The van der Waals surface area contributed by atoms with Gasteiger partial charge in [0, 0.05) is 23.4 Å². The highest BCUT2D eigenvalue weighted by atomic mass is 32.2. The van der Waals surface area contributed by atoms with E-state index < -0.39 is 10.0 Å². The molecule has 0 heterocycles. The Morgan fingerprint density at radius 2 is 1.68 bits per heavy atom. The van der Waals surface area contributed by atoms with E-state index in [9.17, 15) is 18.0 Å². The second kappa shape index (κ2) is 7.94. The first-order valence-corrected chi connectivity index (χ1v) is 9.34. The lowest BCUT2D eigenvalue weighted by Crippen LogP contribution is -2.24. The maximum atomic E-state index is 12.4. The molecule has 6 nitrogen and oxygen atoms in total. The Morgan fingerprint density at radius 3 is 2.28 bits per heavy atom. The zero-order valence-electron chi connectivity index (χ0n) is 14.1. The van der Waals surface area contributed by atoms with Crippen molar-refractivity contribution in [1.29, 1.82) is 0 Å². The zero-order chi connectivity index (χ0) is 18.4. The molecule has 2 aromatic rings. The largest absolute Gasteiger partial charge is 0.352 e. The van der Waals surface area contributed by atoms with Crippen LogP contribution in [0.3, 0.4) is 0 Å². The molecule has 0 aliphatic heterocycles. The lowest BCUT2D eigenvalue weighted by atomic mass is 10.1. The molecular weight excluding hydrogens is 340 g/mol. The van der Waals surface area contributed by atoms with Gasteiger partial charge in [0.25, 0.3) is 15.9 Å². The summed E-state index contributed by atoms with van der Waals surface area (Å²) < 4.78 is 27.3. The van der Waals surface area contributed by atoms with Gasteiger partial charge in [0.2, 0.25) is 0 Å². The number of rotatable bonds is 7. The van der Waals surface area contributed by atoms with Gasteiger partial charge < -0.3 is 5.32 Å². The summed E-state index contributed by atoms with van der Waals surface area (Å²) in [5.74, 6) is -0.392. The van der Waals surface area contributed by atoms with Crippen LogP contribution in [-0.2, 0) is 10.0 Å². The van der Waals surface area contributed by atoms with Crippen LogP contribution in [0.1, 0.15) is 41.0 Å². The Kier molecular flexibility index (Phi) is 5.93. The molecular formula is C18H20N2O4S. The number of carbonyl (C=O) groups excluding carboxylic acids is 2. The summed E-state index contributed by atoms with van der Waals surface area (Å²) in [6, 6.07) is 11.9. The van der Waals surface area contributed by atoms with Crippen LogP contribution in [0.2, 0.25) is 0 Å². The number of amides is 1. The van der Waals surface area contributed by atoms with Crippen molar-refractivity contribution in [3.8, 4) is 0 Å². The van der Waals surface area contributed by atoms with Crippen LogP contribution in [0.4, 0.5) is 5.69 Å². The van der Waals surface area contributed by atoms with Gasteiger partial charge in [0.05, 0.1) is 4.90 Å². The van der Waals surface area contributed by atoms with Crippen molar-refractivity contribution in [1.82, 2.24) is 5.32 Å². The van der Waals surface area contributed by atoms with Crippen molar-refractivity contribution < 1.29 is 18.0 Å². The highest BCUT2D eigenvalue weighted by Crippen LogP contribution is 2.18. The molecule has 0 aliphatic carbocycles. The zero-order valence-corrected chi connectivity index (χ0v) is 14.9. The van der Waals surface area contributed by atoms with E-state index in [0.717, 1.165) is 6.42 Å². The van der Waals surface area contributed by atoms with Gasteiger partial charge in [-0.2, -0.15) is 0 Å². The molecule has 0 spiro atoms. The maximum absolute atomic E-state index is 12.4. The van der Waals surface area contributed by atoms with Gasteiger partial charge in [-0.15, -0.1) is 0 Å². The number of ketones is 1. The quantitative estimate of drug-likeness (QED) is 0.743. The molecule has 132 valence electrons. The fraction of sp³-hybridized carbons (Fsp3) is 0.222. The summed E-state index contributed by atoms with van der Waals surface area (Å²) >= 11 is 0. The first kappa shape index (κ1) is 18.7. The van der Waals surface area contributed by atoms with Gasteiger partial charge in [-0.3, -0.25) is 14.3 Å². The van der Waals surface area contributed by atoms with Crippen molar-refractivity contribution in [3.05, 3.63) is 59.7 Å². The highest BCUT2D eigenvalue weighted by Gasteiger charge is 2.15. The van der Waals surface area contributed by atoms with Crippen LogP contribution in [-0.4, -0.2) is 26.7 Å². The van der Waals surface area contributed by atoms with Gasteiger partial charge in [0.1, 0.15) is 0 Å². The van der Waals surface area contributed by atoms with Crippen LogP contribution in [0, 0.1) is 0 Å². The summed E-state index contributed by atoms with van der Waals surface area (Å²) in [5, 5.41) is 2.73. The van der Waals surface area contributed by atoms with E-state index in [2.05, 4.69) is 10.0 Å². The first-order chi connectivity index (χ1) is 11.8. The van der Waals surface area contributed by atoms with Gasteiger partial charge in [-0.25, -0.2) is 8.42 Å². The summed E-state index contributed by atoms with van der Waals surface area (Å²) in [7, 11) is -3.81. The smallest absolute Gasteiger partial charge is 0.261 e. The van der Waals surface area contributed by atoms with E-state index in [1.54, 1.807) is 18.2 Å². The third-order valence-corrected chi connectivity index (χ3v) is 4.88. The third-order valence-electron chi connectivity index (χ3n) is 3.48. The minimum Gasteiger partial charge on any atom is -0.352 e. The number of benzene rings is 2. The second-order valence-corrected chi connectivity index (χ2v) is 7.21. The molecule has 0 aliphatic rings. The molecule has 0 bridgehead atoms. The minimum absolute atomic E-state index is 0.0350. The van der Waals surface area contributed by atoms with Gasteiger partial charge in [-0.05, 0) is 49.7 Å². The summed E-state index contributed by atoms with van der Waals surface area (Å²) in [4.78, 5) is 23.3. The van der Waals surface area contributed by atoms with Gasteiger partial charge in [0.15, 0.2) is 5.78 Å². The number of hydrogen-bond donors (Lipinski definition) is 2. The topological polar surface area (TPSA) is 92.3 Å². The molecule has 25 heavy (non-hydrogen) atoms. The van der Waals surface area contributed by atoms with Crippen LogP contribution in [0.15, 0.2) is 53.4 Å². The molecule has 0 radical (unpaired) electrons. The Balaban J connectivity index is 2.18. The lowest BCUT2D eigenvalue weighted by molar-refractivity contribution is 0.0952. The Hall–Kier alpha value is -2.67. The fourth-order valence-electron chi connectivity index (χ4n) is 2.14. The van der Waals surface area contributed by atoms with Crippen molar-refractivity contribution in [2.75, 3.05) is 11.3 Å². The van der Waals surface area contributed by atoms with Crippen LogP contribution < -0.4 is 10.0 Å². The summed E-state index contributed by atoms with van der Waals surface area (Å²) in [5.41, 5.74) is 1.12. The molecule has 0 atom stereocenters. The van der Waals surface area contributed by atoms with E-state index in [0.29, 0.717) is 23.4 Å².